The number of rotatable bonds is 3. The molecule has 0 fully saturated rings. The maximum Gasteiger partial charge on any atom is 0.274 e. The molecule has 0 unspecified atom stereocenters. The Kier molecular flexibility index (Phi) is 4.19. The molecule has 0 aliphatic heterocycles. The predicted molar refractivity (Wildman–Crippen MR) is 85.8 cm³/mol. The Morgan fingerprint density at radius 3 is 2.79 bits per heavy atom. The van der Waals surface area contributed by atoms with Gasteiger partial charge in [0.15, 0.2) is 5.69 Å². The van der Waals surface area contributed by atoms with Gasteiger partial charge in [0, 0.05) is 19.8 Å². The summed E-state index contributed by atoms with van der Waals surface area (Å²) in [6.07, 6.45) is 1.59. The molecule has 0 bridgehead atoms. The number of nitrogens with one attached hydrogen (secondary N) is 1. The smallest absolute Gasteiger partial charge is 0.274 e. The number of amides is 1. The third-order valence-electron chi connectivity index (χ3n) is 3.54. The Bertz CT molecular complexity index is 964. The van der Waals surface area contributed by atoms with Crippen LogP contribution in [-0.2, 0) is 13.6 Å². The zero-order chi connectivity index (χ0) is 17.1. The minimum absolute atomic E-state index is 0.0771. The van der Waals surface area contributed by atoms with Crippen molar-refractivity contribution in [1.82, 2.24) is 20.1 Å². The van der Waals surface area contributed by atoms with Crippen molar-refractivity contribution in [2.75, 3.05) is 0 Å². The molecule has 2 aromatic heterocycles. The molecule has 0 atom stereocenters. The van der Waals surface area contributed by atoms with Gasteiger partial charge in [0.1, 0.15) is 16.7 Å². The van der Waals surface area contributed by atoms with E-state index in [0.717, 1.165) is 5.56 Å². The van der Waals surface area contributed by atoms with E-state index < -0.39 is 5.91 Å². The van der Waals surface area contributed by atoms with Gasteiger partial charge in [-0.25, -0.2) is 4.39 Å². The molecule has 0 spiro atoms. The van der Waals surface area contributed by atoms with Gasteiger partial charge in [0.25, 0.3) is 5.91 Å². The number of halogens is 1. The van der Waals surface area contributed by atoms with Crippen molar-refractivity contribution in [3.05, 3.63) is 65.0 Å². The second kappa shape index (κ2) is 6.45. The van der Waals surface area contributed by atoms with Gasteiger partial charge >= 0.3 is 0 Å². The average molecular weight is 326 g/mol. The fourth-order valence-electron chi connectivity index (χ4n) is 2.35. The third kappa shape index (κ3) is 2.94. The lowest BCUT2D eigenvalue weighted by atomic mass is 10.2. The largest absolute Gasteiger partial charge is 0.346 e. The Morgan fingerprint density at radius 1 is 1.33 bits per heavy atom. The first-order chi connectivity index (χ1) is 11.6. The van der Waals surface area contributed by atoms with Gasteiger partial charge in [-0.2, -0.15) is 10.2 Å². The summed E-state index contributed by atoms with van der Waals surface area (Å²) in [6, 6.07) is 9.43. The number of fused-ring (bicyclic) bond motifs is 1. The standard InChI is InChI=1S/C16H15FN6O/c1-23-12-3-2-8-19-13(12)14(21-18)15(22-23)16(24)20-9-10-4-6-11(17)7-5-10/h2-8H,9,18H2,1H3,(H,20,24). The molecule has 2 heterocycles. The number of carbonyl (C=O) groups excluding carboxylic acids is 1. The predicted octanol–water partition coefficient (Wildman–Crippen LogP) is 0.812. The van der Waals surface area contributed by atoms with E-state index in [9.17, 15) is 9.18 Å². The minimum Gasteiger partial charge on any atom is -0.346 e. The van der Waals surface area contributed by atoms with Gasteiger partial charge in [0.05, 0.1) is 5.52 Å². The summed E-state index contributed by atoms with van der Waals surface area (Å²) in [5, 5.41) is 10.9. The van der Waals surface area contributed by atoms with E-state index >= 15 is 0 Å². The van der Waals surface area contributed by atoms with Gasteiger partial charge in [-0.15, -0.1) is 0 Å². The van der Waals surface area contributed by atoms with E-state index in [1.54, 1.807) is 36.1 Å². The highest BCUT2D eigenvalue weighted by Gasteiger charge is 2.15. The molecule has 0 saturated carbocycles. The van der Waals surface area contributed by atoms with E-state index in [4.69, 9.17) is 5.84 Å². The summed E-state index contributed by atoms with van der Waals surface area (Å²) >= 11 is 0. The van der Waals surface area contributed by atoms with Crippen LogP contribution in [0.2, 0.25) is 0 Å². The van der Waals surface area contributed by atoms with Gasteiger partial charge in [-0.3, -0.25) is 14.5 Å². The molecule has 8 heteroatoms. The van der Waals surface area contributed by atoms with Gasteiger partial charge in [-0.1, -0.05) is 12.1 Å². The number of hydrogen-bond donors (Lipinski definition) is 2. The number of carbonyl (C=O) groups is 1. The molecule has 24 heavy (non-hydrogen) atoms. The second-order valence-electron chi connectivity index (χ2n) is 5.13. The lowest BCUT2D eigenvalue weighted by molar-refractivity contribution is 0.0942. The van der Waals surface area contributed by atoms with Crippen LogP contribution in [0.15, 0.2) is 47.7 Å². The lowest BCUT2D eigenvalue weighted by Crippen LogP contribution is -2.33. The fourth-order valence-corrected chi connectivity index (χ4v) is 2.35. The van der Waals surface area contributed by atoms with Crippen molar-refractivity contribution in [2.24, 2.45) is 18.0 Å². The number of nitrogens with zero attached hydrogens (tertiary/aromatic N) is 4. The zero-order valence-electron chi connectivity index (χ0n) is 12.9. The highest BCUT2D eigenvalue weighted by atomic mass is 19.1. The number of benzene rings is 1. The Balaban J connectivity index is 1.93. The van der Waals surface area contributed by atoms with E-state index in [1.807, 2.05) is 6.07 Å². The van der Waals surface area contributed by atoms with Gasteiger partial charge in [0.2, 0.25) is 0 Å². The molecular weight excluding hydrogens is 311 g/mol. The maximum atomic E-state index is 12.9. The summed E-state index contributed by atoms with van der Waals surface area (Å²) in [6.45, 7) is 0.231. The Labute approximate surface area is 136 Å². The SMILES string of the molecule is Cn1nc(C(=O)NCc2ccc(F)cc2)c(=NN)c2ncccc21. The quantitative estimate of drug-likeness (QED) is 0.550. The summed E-state index contributed by atoms with van der Waals surface area (Å²) in [4.78, 5) is 16.7. The highest BCUT2D eigenvalue weighted by Crippen LogP contribution is 2.06. The molecule has 7 nitrogen and oxygen atoms in total. The third-order valence-corrected chi connectivity index (χ3v) is 3.54. The summed E-state index contributed by atoms with van der Waals surface area (Å²) in [7, 11) is 1.71. The monoisotopic (exact) mass is 326 g/mol. The number of aromatic nitrogens is 3. The van der Waals surface area contributed by atoms with Crippen LogP contribution in [0.3, 0.4) is 0 Å². The van der Waals surface area contributed by atoms with Crippen LogP contribution in [0.4, 0.5) is 4.39 Å². The van der Waals surface area contributed by atoms with Crippen LogP contribution in [0.5, 0.6) is 0 Å². The molecule has 3 aromatic rings. The fraction of sp³-hybridized carbons (Fsp3) is 0.125. The van der Waals surface area contributed by atoms with Gasteiger partial charge < -0.3 is 11.2 Å². The topological polar surface area (TPSA) is 98.2 Å². The molecular formula is C16H15FN6O. The molecule has 0 radical (unpaired) electrons. The Hall–Kier alpha value is -3.29. The second-order valence-corrected chi connectivity index (χ2v) is 5.13. The number of nitrogens with two attached hydrogens (primary N) is 1. The van der Waals surface area contributed by atoms with Crippen LogP contribution >= 0.6 is 0 Å². The first kappa shape index (κ1) is 15.6. The minimum atomic E-state index is -0.438. The molecule has 1 aromatic carbocycles. The molecule has 0 aliphatic carbocycles. The molecule has 1 amide bonds. The lowest BCUT2D eigenvalue weighted by Gasteiger charge is -2.09. The van der Waals surface area contributed by atoms with Gasteiger partial charge in [-0.05, 0) is 29.8 Å². The first-order valence-electron chi connectivity index (χ1n) is 7.18. The number of aryl methyl sites for hydroxylation is 1. The molecule has 0 saturated heterocycles. The first-order valence-corrected chi connectivity index (χ1v) is 7.18. The van der Waals surface area contributed by atoms with Crippen LogP contribution < -0.4 is 16.5 Å². The highest BCUT2D eigenvalue weighted by molar-refractivity contribution is 5.94. The van der Waals surface area contributed by atoms with Crippen LogP contribution in [-0.4, -0.2) is 20.7 Å². The summed E-state index contributed by atoms with van der Waals surface area (Å²) in [5.41, 5.74) is 2.04. The summed E-state index contributed by atoms with van der Waals surface area (Å²) < 4.78 is 14.5. The molecule has 3 rings (SSSR count). The Morgan fingerprint density at radius 2 is 2.08 bits per heavy atom. The van der Waals surface area contributed by atoms with Crippen molar-refractivity contribution in [3.63, 3.8) is 0 Å². The van der Waals surface area contributed by atoms with Crippen molar-refractivity contribution in [2.45, 2.75) is 6.54 Å². The van der Waals surface area contributed by atoms with Crippen molar-refractivity contribution < 1.29 is 9.18 Å². The zero-order valence-corrected chi connectivity index (χ0v) is 12.9. The molecule has 122 valence electrons. The maximum absolute atomic E-state index is 12.9. The summed E-state index contributed by atoms with van der Waals surface area (Å²) in [5.74, 6) is 4.67. The number of pyridine rings is 1. The van der Waals surface area contributed by atoms with E-state index in [2.05, 4.69) is 20.5 Å². The van der Waals surface area contributed by atoms with Crippen LogP contribution in [0, 0.1) is 5.82 Å². The normalized spacial score (nSPS) is 11.7. The van der Waals surface area contributed by atoms with Crippen LogP contribution in [0.1, 0.15) is 16.1 Å². The van der Waals surface area contributed by atoms with Crippen molar-refractivity contribution >= 4 is 16.9 Å². The van der Waals surface area contributed by atoms with E-state index in [0.29, 0.717) is 11.0 Å². The average Bonchev–Trinajstić information content (AvgIpc) is 2.61. The van der Waals surface area contributed by atoms with Crippen LogP contribution in [0.25, 0.3) is 11.0 Å². The van der Waals surface area contributed by atoms with E-state index in [1.165, 1.54) is 12.1 Å². The molecule has 0 aliphatic rings. The number of hydrogen-bond acceptors (Lipinski definition) is 5. The van der Waals surface area contributed by atoms with E-state index in [-0.39, 0.29) is 23.4 Å². The van der Waals surface area contributed by atoms with Crippen molar-refractivity contribution in [3.8, 4) is 0 Å². The molecule has 3 N–H and O–H groups in total. The van der Waals surface area contributed by atoms with Crippen molar-refractivity contribution in [1.29, 1.82) is 0 Å².